The molecule has 0 aliphatic heterocycles. The maximum absolute atomic E-state index is 10.8. The Hall–Kier alpha value is 0.0300. The van der Waals surface area contributed by atoms with Gasteiger partial charge in [-0.05, 0) is 12.8 Å². The van der Waals surface area contributed by atoms with Crippen molar-refractivity contribution in [3.05, 3.63) is 0 Å². The van der Waals surface area contributed by atoms with Gasteiger partial charge in [0.2, 0.25) is 0 Å². The summed E-state index contributed by atoms with van der Waals surface area (Å²) in [6, 6.07) is 0. The number of phosphoric ester groups is 1. The second kappa shape index (κ2) is 10.1. The van der Waals surface area contributed by atoms with E-state index in [1.807, 2.05) is 13.8 Å². The van der Waals surface area contributed by atoms with E-state index >= 15 is 0 Å². The smallest absolute Gasteiger partial charge is 0.344 e. The van der Waals surface area contributed by atoms with Gasteiger partial charge in [-0.15, -0.1) is 0 Å². The first-order valence-electron chi connectivity index (χ1n) is 3.74. The van der Waals surface area contributed by atoms with Crippen molar-refractivity contribution in [2.75, 3.05) is 13.2 Å². The van der Waals surface area contributed by atoms with Crippen molar-refractivity contribution in [2.24, 2.45) is 0 Å². The Morgan fingerprint density at radius 1 is 1.08 bits per heavy atom. The van der Waals surface area contributed by atoms with Gasteiger partial charge in [-0.1, -0.05) is 13.8 Å². The van der Waals surface area contributed by atoms with Crippen LogP contribution in [0.5, 0.6) is 0 Å². The lowest BCUT2D eigenvalue weighted by atomic mass is 10.5. The van der Waals surface area contributed by atoms with Crippen LogP contribution in [-0.4, -0.2) is 18.1 Å². The Morgan fingerprint density at radius 3 is 1.62 bits per heavy atom. The summed E-state index contributed by atoms with van der Waals surface area (Å²) in [6.45, 7) is 4.24. The van der Waals surface area contributed by atoms with Gasteiger partial charge in [-0.25, -0.2) is 4.57 Å². The van der Waals surface area contributed by atoms with Crippen LogP contribution < -0.4 is 12.3 Å². The predicted molar refractivity (Wildman–Crippen MR) is 52.4 cm³/mol. The molecule has 0 fully saturated rings. The topological polar surface area (TPSA) is 126 Å². The molecule has 0 saturated carbocycles. The first-order chi connectivity index (χ1) is 5.12. The molecule has 0 aromatic rings. The van der Waals surface area contributed by atoms with E-state index in [0.717, 1.165) is 0 Å². The van der Waals surface area contributed by atoms with Gasteiger partial charge in [-0.3, -0.25) is 9.05 Å². The van der Waals surface area contributed by atoms with Gasteiger partial charge in [0, 0.05) is 0 Å². The second-order valence-corrected chi connectivity index (χ2v) is 3.59. The van der Waals surface area contributed by atoms with Crippen LogP contribution in [-0.2, 0) is 13.6 Å². The van der Waals surface area contributed by atoms with Crippen LogP contribution in [0.4, 0.5) is 0 Å². The van der Waals surface area contributed by atoms with Gasteiger partial charge in [0.15, 0.2) is 0 Å². The van der Waals surface area contributed by atoms with Gasteiger partial charge in [0.05, 0.1) is 13.2 Å². The first-order valence-corrected chi connectivity index (χ1v) is 5.23. The zero-order valence-corrected chi connectivity index (χ0v) is 9.26. The third-order valence-electron chi connectivity index (χ3n) is 0.917. The van der Waals surface area contributed by atoms with E-state index in [1.54, 1.807) is 0 Å². The summed E-state index contributed by atoms with van der Waals surface area (Å²) in [5, 5.41) is 0. The number of hydrogen-bond acceptors (Lipinski definition) is 5. The normalized spacial score (nSPS) is 10.1. The molecule has 13 heavy (non-hydrogen) atoms. The largest absolute Gasteiger partial charge is 0.472 e. The lowest BCUT2D eigenvalue weighted by Crippen LogP contribution is -1.96. The number of phosphoric acid groups is 1. The van der Waals surface area contributed by atoms with E-state index in [4.69, 9.17) is 4.89 Å². The summed E-state index contributed by atoms with van der Waals surface area (Å²) in [7, 11) is -3.73. The van der Waals surface area contributed by atoms with Crippen LogP contribution in [0.1, 0.15) is 26.7 Å². The minimum absolute atomic E-state index is 0. The quantitative estimate of drug-likeness (QED) is 0.584. The maximum Gasteiger partial charge on any atom is 0.472 e. The van der Waals surface area contributed by atoms with Crippen molar-refractivity contribution in [1.29, 1.82) is 0 Å². The number of hydrogen-bond donors (Lipinski definition) is 3. The molecule has 0 aromatic heterocycles. The molecule has 0 bridgehead atoms. The summed E-state index contributed by atoms with van der Waals surface area (Å²) in [5.41, 5.74) is 0. The summed E-state index contributed by atoms with van der Waals surface area (Å²) in [5.74, 6) is 0. The molecule has 0 spiro atoms. The molecule has 0 aliphatic carbocycles. The summed E-state index contributed by atoms with van der Waals surface area (Å²) >= 11 is 0. The molecule has 0 aromatic carbocycles. The molecule has 0 rings (SSSR count). The molecule has 0 unspecified atom stereocenters. The van der Waals surface area contributed by atoms with Gasteiger partial charge in [0.25, 0.3) is 0 Å². The van der Waals surface area contributed by atoms with Crippen LogP contribution in [0, 0.1) is 0 Å². The highest BCUT2D eigenvalue weighted by Gasteiger charge is 2.18. The van der Waals surface area contributed by atoms with Gasteiger partial charge >= 0.3 is 7.82 Å². The van der Waals surface area contributed by atoms with Gasteiger partial charge in [-0.2, -0.15) is 0 Å². The highest BCUT2D eigenvalue weighted by Crippen LogP contribution is 2.43. The fraction of sp³-hybridized carbons (Fsp3) is 1.00. The molecule has 0 aliphatic rings. The molecule has 7 N–H and O–H groups in total. The van der Waals surface area contributed by atoms with Gasteiger partial charge < -0.3 is 17.2 Å². The fourth-order valence-corrected chi connectivity index (χ4v) is 1.35. The zero-order valence-electron chi connectivity index (χ0n) is 8.36. The van der Waals surface area contributed by atoms with E-state index in [0.29, 0.717) is 12.8 Å². The first kappa shape index (κ1) is 18.7. The summed E-state index contributed by atoms with van der Waals surface area (Å²) in [4.78, 5) is 8.89. The molecule has 0 amide bonds. The van der Waals surface area contributed by atoms with E-state index in [-0.39, 0.29) is 25.5 Å². The van der Waals surface area contributed by atoms with Crippen LogP contribution >= 0.6 is 7.82 Å². The average molecular weight is 216 g/mol. The lowest BCUT2D eigenvalue weighted by Gasteiger charge is -2.09. The zero-order chi connectivity index (χ0) is 8.74. The minimum atomic E-state index is -3.73. The monoisotopic (exact) mass is 216 g/mol. The summed E-state index contributed by atoms with van der Waals surface area (Å²) in [6.07, 6.45) is 1.42. The van der Waals surface area contributed by atoms with E-state index < -0.39 is 7.82 Å². The molecule has 0 saturated heterocycles. The van der Waals surface area contributed by atoms with Crippen molar-refractivity contribution in [3.63, 3.8) is 0 Å². The van der Waals surface area contributed by atoms with Crippen molar-refractivity contribution in [2.45, 2.75) is 26.7 Å². The van der Waals surface area contributed by atoms with Gasteiger partial charge in [0.1, 0.15) is 0 Å². The average Bonchev–Trinajstić information content (AvgIpc) is 1.97. The van der Waals surface area contributed by atoms with Crippen LogP contribution in [0.15, 0.2) is 0 Å². The van der Waals surface area contributed by atoms with Crippen molar-refractivity contribution in [1.82, 2.24) is 12.3 Å². The van der Waals surface area contributed by atoms with E-state index in [9.17, 15) is 4.57 Å². The molecule has 84 valence electrons. The van der Waals surface area contributed by atoms with Crippen molar-refractivity contribution < 1.29 is 18.5 Å². The Labute approximate surface area is 79.4 Å². The standard InChI is InChI=1S/C6H15O4P.2H3N/c1-3-5-9-11(7,8)10-6-4-2;;/h3-6H2,1-2H3,(H,7,8);2*1H3. The van der Waals surface area contributed by atoms with Crippen LogP contribution in [0.2, 0.25) is 0 Å². The molecule has 7 heteroatoms. The van der Waals surface area contributed by atoms with Crippen LogP contribution in [0.25, 0.3) is 0 Å². The SMILES string of the molecule is CCCOP(=O)(O)OCCC.N.N. The Kier molecular flexibility index (Phi) is 14.6. The molecule has 0 heterocycles. The Morgan fingerprint density at radius 2 is 1.38 bits per heavy atom. The Balaban J connectivity index is -0.000000500. The van der Waals surface area contributed by atoms with Crippen molar-refractivity contribution >= 4 is 7.82 Å². The lowest BCUT2D eigenvalue weighted by molar-refractivity contribution is 0.150. The van der Waals surface area contributed by atoms with Crippen LogP contribution in [0.3, 0.4) is 0 Å². The fourth-order valence-electron chi connectivity index (χ4n) is 0.451. The maximum atomic E-state index is 10.8. The third-order valence-corrected chi connectivity index (χ3v) is 1.93. The predicted octanol–water partition coefficient (Wildman–Crippen LogP) is 2.26. The molecule has 0 radical (unpaired) electrons. The van der Waals surface area contributed by atoms with E-state index in [1.165, 1.54) is 0 Å². The Bertz CT molecular complexity index is 133. The van der Waals surface area contributed by atoms with E-state index in [2.05, 4.69) is 9.05 Å². The third kappa shape index (κ3) is 12.0. The molecular weight excluding hydrogens is 195 g/mol. The summed E-state index contributed by atoms with van der Waals surface area (Å²) < 4.78 is 20.0. The highest BCUT2D eigenvalue weighted by atomic mass is 31.2. The minimum Gasteiger partial charge on any atom is -0.344 e. The molecule has 0 atom stereocenters. The number of rotatable bonds is 6. The molecule has 6 nitrogen and oxygen atoms in total. The second-order valence-electron chi connectivity index (χ2n) is 2.14. The highest BCUT2D eigenvalue weighted by molar-refractivity contribution is 7.47. The van der Waals surface area contributed by atoms with Crippen molar-refractivity contribution in [3.8, 4) is 0 Å². The molecular formula is C6H21N2O4P.